The minimum absolute atomic E-state index is 0.102. The highest BCUT2D eigenvalue weighted by molar-refractivity contribution is 5.96. The average molecular weight is 355 g/mol. The Balaban J connectivity index is 1.48. The summed E-state index contributed by atoms with van der Waals surface area (Å²) in [5.41, 5.74) is 2.18. The molecule has 0 fully saturated rings. The number of fused-ring (bicyclic) bond motifs is 1. The predicted molar refractivity (Wildman–Crippen MR) is 94.3 cm³/mol. The number of para-hydroxylation sites is 1. The van der Waals surface area contributed by atoms with Crippen molar-refractivity contribution in [3.05, 3.63) is 71.2 Å². The number of halogens is 1. The quantitative estimate of drug-likeness (QED) is 0.688. The Labute approximate surface area is 149 Å². The van der Waals surface area contributed by atoms with Crippen molar-refractivity contribution in [2.24, 2.45) is 0 Å². The third-order valence-corrected chi connectivity index (χ3v) is 4.01. The SMILES string of the molecule is Cc1c(C(=O)OCC(=O)NCCc2ccc(F)cc2)oc2ccccc12. The first kappa shape index (κ1) is 17.7. The van der Waals surface area contributed by atoms with E-state index >= 15 is 0 Å². The van der Waals surface area contributed by atoms with Crippen LogP contribution in [0.3, 0.4) is 0 Å². The van der Waals surface area contributed by atoms with Gasteiger partial charge in [-0.2, -0.15) is 0 Å². The molecule has 0 saturated heterocycles. The molecule has 0 atom stereocenters. The van der Waals surface area contributed by atoms with E-state index in [2.05, 4.69) is 5.32 Å². The molecule has 1 aromatic heterocycles. The summed E-state index contributed by atoms with van der Waals surface area (Å²) < 4.78 is 23.4. The largest absolute Gasteiger partial charge is 0.450 e. The van der Waals surface area contributed by atoms with E-state index in [-0.39, 0.29) is 11.6 Å². The molecule has 1 amide bonds. The molecule has 6 heteroatoms. The third kappa shape index (κ3) is 4.08. The number of carbonyl (C=O) groups excluding carboxylic acids is 2. The summed E-state index contributed by atoms with van der Waals surface area (Å²) in [6, 6.07) is 13.3. The van der Waals surface area contributed by atoms with Crippen molar-refractivity contribution in [3.8, 4) is 0 Å². The molecule has 0 aliphatic carbocycles. The standard InChI is InChI=1S/C20H18FNO4/c1-13-16-4-2-3-5-17(16)26-19(13)20(24)25-12-18(23)22-11-10-14-6-8-15(21)9-7-14/h2-9H,10-12H2,1H3,(H,22,23). The first-order valence-corrected chi connectivity index (χ1v) is 8.21. The summed E-state index contributed by atoms with van der Waals surface area (Å²) in [5.74, 6) is -1.28. The van der Waals surface area contributed by atoms with Gasteiger partial charge < -0.3 is 14.5 Å². The summed E-state index contributed by atoms with van der Waals surface area (Å²) in [4.78, 5) is 23.9. The third-order valence-electron chi connectivity index (χ3n) is 4.01. The van der Waals surface area contributed by atoms with Crippen LogP contribution in [0, 0.1) is 12.7 Å². The fraction of sp³-hybridized carbons (Fsp3) is 0.200. The Kier molecular flexibility index (Phi) is 5.31. The van der Waals surface area contributed by atoms with E-state index in [0.29, 0.717) is 24.1 Å². The lowest BCUT2D eigenvalue weighted by atomic mass is 10.1. The van der Waals surface area contributed by atoms with Gasteiger partial charge in [0.15, 0.2) is 6.61 Å². The lowest BCUT2D eigenvalue weighted by Gasteiger charge is -2.06. The van der Waals surface area contributed by atoms with Crippen LogP contribution in [0.5, 0.6) is 0 Å². The Hall–Kier alpha value is -3.15. The van der Waals surface area contributed by atoms with E-state index in [1.807, 2.05) is 18.2 Å². The summed E-state index contributed by atoms with van der Waals surface area (Å²) in [6.45, 7) is 1.75. The number of hydrogen-bond donors (Lipinski definition) is 1. The zero-order valence-electron chi connectivity index (χ0n) is 14.3. The number of ether oxygens (including phenoxy) is 1. The summed E-state index contributed by atoms with van der Waals surface area (Å²) in [6.07, 6.45) is 0.558. The maximum atomic E-state index is 12.8. The van der Waals surface area contributed by atoms with E-state index in [9.17, 15) is 14.0 Å². The summed E-state index contributed by atoms with van der Waals surface area (Å²) in [5, 5.41) is 3.49. The number of hydrogen-bond acceptors (Lipinski definition) is 4. The van der Waals surface area contributed by atoms with Crippen LogP contribution in [0.15, 0.2) is 52.9 Å². The van der Waals surface area contributed by atoms with Gasteiger partial charge in [0.1, 0.15) is 11.4 Å². The van der Waals surface area contributed by atoms with Gasteiger partial charge in [0.25, 0.3) is 5.91 Å². The van der Waals surface area contributed by atoms with Crippen molar-refractivity contribution < 1.29 is 23.1 Å². The normalized spacial score (nSPS) is 10.7. The van der Waals surface area contributed by atoms with Crippen LogP contribution >= 0.6 is 0 Å². The molecule has 26 heavy (non-hydrogen) atoms. The van der Waals surface area contributed by atoms with Crippen LogP contribution in [0.2, 0.25) is 0 Å². The zero-order valence-corrected chi connectivity index (χ0v) is 14.3. The van der Waals surface area contributed by atoms with Crippen LogP contribution in [0.25, 0.3) is 11.0 Å². The van der Waals surface area contributed by atoms with Gasteiger partial charge in [-0.15, -0.1) is 0 Å². The van der Waals surface area contributed by atoms with Gasteiger partial charge in [-0.25, -0.2) is 9.18 Å². The molecule has 3 aromatic rings. The van der Waals surface area contributed by atoms with Crippen molar-refractivity contribution in [1.82, 2.24) is 5.32 Å². The molecule has 3 rings (SSSR count). The number of aryl methyl sites for hydroxylation is 1. The van der Waals surface area contributed by atoms with Crippen LogP contribution in [-0.2, 0) is 16.0 Å². The van der Waals surface area contributed by atoms with Gasteiger partial charge in [-0.3, -0.25) is 4.79 Å². The van der Waals surface area contributed by atoms with Crippen molar-refractivity contribution in [2.75, 3.05) is 13.2 Å². The summed E-state index contributed by atoms with van der Waals surface area (Å²) in [7, 11) is 0. The second-order valence-corrected chi connectivity index (χ2v) is 5.85. The maximum Gasteiger partial charge on any atom is 0.375 e. The number of esters is 1. The van der Waals surface area contributed by atoms with E-state index in [1.165, 1.54) is 12.1 Å². The van der Waals surface area contributed by atoms with Crippen LogP contribution in [-0.4, -0.2) is 25.0 Å². The number of amides is 1. The van der Waals surface area contributed by atoms with Crippen LogP contribution < -0.4 is 5.32 Å². The lowest BCUT2D eigenvalue weighted by molar-refractivity contribution is -0.124. The van der Waals surface area contributed by atoms with Crippen molar-refractivity contribution >= 4 is 22.8 Å². The first-order chi connectivity index (χ1) is 12.5. The van der Waals surface area contributed by atoms with E-state index in [4.69, 9.17) is 9.15 Å². The molecule has 0 saturated carbocycles. The van der Waals surface area contributed by atoms with Crippen molar-refractivity contribution in [1.29, 1.82) is 0 Å². The second kappa shape index (κ2) is 7.82. The van der Waals surface area contributed by atoms with Gasteiger partial charge in [-0.05, 0) is 37.1 Å². The highest BCUT2D eigenvalue weighted by Gasteiger charge is 2.19. The topological polar surface area (TPSA) is 68.5 Å². The maximum absolute atomic E-state index is 12.8. The molecule has 1 heterocycles. The molecule has 5 nitrogen and oxygen atoms in total. The molecule has 1 N–H and O–H groups in total. The van der Waals surface area contributed by atoms with Gasteiger partial charge in [0, 0.05) is 17.5 Å². The highest BCUT2D eigenvalue weighted by Crippen LogP contribution is 2.25. The lowest BCUT2D eigenvalue weighted by Crippen LogP contribution is -2.30. The van der Waals surface area contributed by atoms with Gasteiger partial charge in [0.2, 0.25) is 5.76 Å². The number of rotatable bonds is 6. The van der Waals surface area contributed by atoms with Gasteiger partial charge in [0.05, 0.1) is 0 Å². The highest BCUT2D eigenvalue weighted by atomic mass is 19.1. The van der Waals surface area contributed by atoms with Gasteiger partial charge in [-0.1, -0.05) is 30.3 Å². The predicted octanol–water partition coefficient (Wildman–Crippen LogP) is 3.40. The number of furan rings is 1. The zero-order chi connectivity index (χ0) is 18.5. The molecule has 0 bridgehead atoms. The molecule has 0 radical (unpaired) electrons. The average Bonchev–Trinajstić information content (AvgIpc) is 2.98. The number of benzene rings is 2. The van der Waals surface area contributed by atoms with E-state index in [1.54, 1.807) is 25.1 Å². The fourth-order valence-electron chi connectivity index (χ4n) is 2.61. The summed E-state index contributed by atoms with van der Waals surface area (Å²) >= 11 is 0. The molecule has 0 unspecified atom stereocenters. The smallest absolute Gasteiger partial charge is 0.375 e. The van der Waals surface area contributed by atoms with Crippen molar-refractivity contribution in [3.63, 3.8) is 0 Å². The fourth-order valence-corrected chi connectivity index (χ4v) is 2.61. The van der Waals surface area contributed by atoms with Gasteiger partial charge >= 0.3 is 5.97 Å². The van der Waals surface area contributed by atoms with Crippen molar-refractivity contribution in [2.45, 2.75) is 13.3 Å². The minimum atomic E-state index is -0.674. The minimum Gasteiger partial charge on any atom is -0.450 e. The van der Waals surface area contributed by atoms with E-state index < -0.39 is 18.5 Å². The van der Waals surface area contributed by atoms with E-state index in [0.717, 1.165) is 10.9 Å². The molecule has 0 aliphatic heterocycles. The molecule has 0 aliphatic rings. The Bertz CT molecular complexity index is 931. The molecule has 2 aromatic carbocycles. The second-order valence-electron chi connectivity index (χ2n) is 5.85. The Morgan fingerprint density at radius 3 is 2.58 bits per heavy atom. The molecular weight excluding hydrogens is 337 g/mol. The number of nitrogens with one attached hydrogen (secondary N) is 1. The monoisotopic (exact) mass is 355 g/mol. The molecule has 134 valence electrons. The molecule has 0 spiro atoms. The number of carbonyl (C=O) groups is 2. The Morgan fingerprint density at radius 1 is 1.12 bits per heavy atom. The first-order valence-electron chi connectivity index (χ1n) is 8.21. The van der Waals surface area contributed by atoms with Crippen LogP contribution in [0.4, 0.5) is 4.39 Å². The Morgan fingerprint density at radius 2 is 1.85 bits per heavy atom. The van der Waals surface area contributed by atoms with Crippen LogP contribution in [0.1, 0.15) is 21.7 Å². The molecular formula is C20H18FNO4.